The van der Waals surface area contributed by atoms with Crippen molar-refractivity contribution in [2.45, 2.75) is 33.4 Å². The number of carboxylic acids is 1. The zero-order valence-corrected chi connectivity index (χ0v) is 11.5. The van der Waals surface area contributed by atoms with Gasteiger partial charge in [0.25, 0.3) is 0 Å². The summed E-state index contributed by atoms with van der Waals surface area (Å²) < 4.78 is 1.41. The SMILES string of the molecule is CC(C)CN1CCc2c(sc(=O)n2CC(=O)O)C1. The summed E-state index contributed by atoms with van der Waals surface area (Å²) in [7, 11) is 0. The molecule has 0 radical (unpaired) electrons. The Kier molecular flexibility index (Phi) is 3.87. The van der Waals surface area contributed by atoms with Crippen LogP contribution in [-0.4, -0.2) is 33.6 Å². The Morgan fingerprint density at radius 1 is 1.50 bits per heavy atom. The fourth-order valence-electron chi connectivity index (χ4n) is 2.39. The topological polar surface area (TPSA) is 62.5 Å². The van der Waals surface area contributed by atoms with Gasteiger partial charge in [0.15, 0.2) is 0 Å². The molecule has 100 valence electrons. The number of hydrogen-bond donors (Lipinski definition) is 1. The second-order valence-electron chi connectivity index (χ2n) is 5.10. The number of aromatic nitrogens is 1. The summed E-state index contributed by atoms with van der Waals surface area (Å²) in [6.45, 7) is 6.83. The van der Waals surface area contributed by atoms with Gasteiger partial charge in [-0.05, 0) is 5.92 Å². The molecule has 1 aromatic heterocycles. The smallest absolute Gasteiger partial charge is 0.323 e. The molecule has 0 aromatic carbocycles. The molecule has 0 spiro atoms. The number of thiazole rings is 1. The molecule has 18 heavy (non-hydrogen) atoms. The first-order valence-electron chi connectivity index (χ1n) is 6.13. The number of carbonyl (C=O) groups is 1. The van der Waals surface area contributed by atoms with Crippen LogP contribution in [0.3, 0.4) is 0 Å². The summed E-state index contributed by atoms with van der Waals surface area (Å²) in [6.07, 6.45) is 0.772. The van der Waals surface area contributed by atoms with E-state index in [1.807, 2.05) is 0 Å². The molecule has 0 aliphatic carbocycles. The van der Waals surface area contributed by atoms with Crippen LogP contribution in [0.4, 0.5) is 0 Å². The Morgan fingerprint density at radius 3 is 2.83 bits per heavy atom. The number of fused-ring (bicyclic) bond motifs is 1. The van der Waals surface area contributed by atoms with Gasteiger partial charge in [-0.1, -0.05) is 25.2 Å². The summed E-state index contributed by atoms with van der Waals surface area (Å²) in [4.78, 5) is 25.7. The highest BCUT2D eigenvalue weighted by Crippen LogP contribution is 2.22. The number of aliphatic carboxylic acids is 1. The predicted octanol–water partition coefficient (Wildman–Crippen LogP) is 1.01. The van der Waals surface area contributed by atoms with Gasteiger partial charge in [0.05, 0.1) is 0 Å². The second kappa shape index (κ2) is 5.24. The van der Waals surface area contributed by atoms with Gasteiger partial charge in [0, 0.05) is 36.6 Å². The molecule has 2 heterocycles. The highest BCUT2D eigenvalue weighted by molar-refractivity contribution is 7.09. The fourth-order valence-corrected chi connectivity index (χ4v) is 3.46. The van der Waals surface area contributed by atoms with E-state index >= 15 is 0 Å². The van der Waals surface area contributed by atoms with Crippen molar-refractivity contribution in [1.82, 2.24) is 9.47 Å². The molecule has 0 amide bonds. The molecule has 0 saturated carbocycles. The predicted molar refractivity (Wildman–Crippen MR) is 70.0 cm³/mol. The van der Waals surface area contributed by atoms with Crippen molar-refractivity contribution in [2.75, 3.05) is 13.1 Å². The van der Waals surface area contributed by atoms with E-state index in [2.05, 4.69) is 18.7 Å². The zero-order valence-electron chi connectivity index (χ0n) is 10.7. The highest BCUT2D eigenvalue weighted by Gasteiger charge is 2.23. The quantitative estimate of drug-likeness (QED) is 0.887. The van der Waals surface area contributed by atoms with E-state index in [0.717, 1.165) is 36.6 Å². The average molecular weight is 270 g/mol. The second-order valence-corrected chi connectivity index (χ2v) is 6.14. The summed E-state index contributed by atoms with van der Waals surface area (Å²) in [5.41, 5.74) is 0.924. The molecule has 5 nitrogen and oxygen atoms in total. The van der Waals surface area contributed by atoms with Crippen molar-refractivity contribution in [3.05, 3.63) is 20.2 Å². The lowest BCUT2D eigenvalue weighted by atomic mass is 10.1. The minimum Gasteiger partial charge on any atom is -0.480 e. The van der Waals surface area contributed by atoms with Crippen LogP contribution in [-0.2, 0) is 24.3 Å². The average Bonchev–Trinajstić information content (AvgIpc) is 2.53. The molecule has 0 atom stereocenters. The standard InChI is InChI=1S/C12H18N2O3S/c1-8(2)5-13-4-3-9-10(6-13)18-12(17)14(9)7-11(15)16/h8H,3-7H2,1-2H3,(H,15,16). The fraction of sp³-hybridized carbons (Fsp3) is 0.667. The van der Waals surface area contributed by atoms with Crippen molar-refractivity contribution in [3.8, 4) is 0 Å². The highest BCUT2D eigenvalue weighted by atomic mass is 32.1. The van der Waals surface area contributed by atoms with Crippen molar-refractivity contribution in [3.63, 3.8) is 0 Å². The lowest BCUT2D eigenvalue weighted by molar-refractivity contribution is -0.137. The largest absolute Gasteiger partial charge is 0.480 e. The van der Waals surface area contributed by atoms with E-state index in [4.69, 9.17) is 5.11 Å². The van der Waals surface area contributed by atoms with Crippen LogP contribution in [0.5, 0.6) is 0 Å². The van der Waals surface area contributed by atoms with E-state index in [1.165, 1.54) is 15.9 Å². The first-order valence-corrected chi connectivity index (χ1v) is 6.94. The summed E-state index contributed by atoms with van der Waals surface area (Å²) in [5, 5.41) is 8.82. The summed E-state index contributed by atoms with van der Waals surface area (Å²) in [5.74, 6) is -0.355. The molecular weight excluding hydrogens is 252 g/mol. The van der Waals surface area contributed by atoms with Crippen LogP contribution < -0.4 is 4.87 Å². The van der Waals surface area contributed by atoms with E-state index in [9.17, 15) is 9.59 Å². The zero-order chi connectivity index (χ0) is 13.3. The molecule has 1 aliphatic rings. The minimum atomic E-state index is -0.956. The van der Waals surface area contributed by atoms with Gasteiger partial charge in [-0.15, -0.1) is 0 Å². The molecule has 1 aliphatic heterocycles. The normalized spacial score (nSPS) is 15.9. The van der Waals surface area contributed by atoms with Crippen LogP contribution in [0, 0.1) is 5.92 Å². The van der Waals surface area contributed by atoms with Gasteiger partial charge in [-0.2, -0.15) is 0 Å². The molecular formula is C12H18N2O3S. The first-order chi connectivity index (χ1) is 8.47. The number of hydrogen-bond acceptors (Lipinski definition) is 4. The van der Waals surface area contributed by atoms with Crippen LogP contribution in [0.1, 0.15) is 24.4 Å². The van der Waals surface area contributed by atoms with Gasteiger partial charge < -0.3 is 5.11 Å². The van der Waals surface area contributed by atoms with Gasteiger partial charge in [-0.25, -0.2) is 0 Å². The van der Waals surface area contributed by atoms with Gasteiger partial charge >= 0.3 is 10.8 Å². The van der Waals surface area contributed by atoms with E-state index in [0.29, 0.717) is 5.92 Å². The van der Waals surface area contributed by atoms with Crippen molar-refractivity contribution in [1.29, 1.82) is 0 Å². The third kappa shape index (κ3) is 2.81. The molecule has 6 heteroatoms. The molecule has 1 N–H and O–H groups in total. The number of carboxylic acid groups (broad SMARTS) is 1. The third-order valence-electron chi connectivity index (χ3n) is 3.03. The van der Waals surface area contributed by atoms with Crippen LogP contribution >= 0.6 is 11.3 Å². The Balaban J connectivity index is 2.20. The Bertz CT molecular complexity index is 504. The molecule has 0 unspecified atom stereocenters. The third-order valence-corrected chi connectivity index (χ3v) is 4.03. The molecule has 1 aromatic rings. The molecule has 0 bridgehead atoms. The Morgan fingerprint density at radius 2 is 2.22 bits per heavy atom. The lowest BCUT2D eigenvalue weighted by Gasteiger charge is -2.28. The number of rotatable bonds is 4. The Hall–Kier alpha value is -1.14. The molecule has 2 rings (SSSR count). The van der Waals surface area contributed by atoms with Crippen LogP contribution in [0.15, 0.2) is 4.79 Å². The van der Waals surface area contributed by atoms with Gasteiger partial charge in [0.1, 0.15) is 6.54 Å². The van der Waals surface area contributed by atoms with Crippen molar-refractivity contribution in [2.24, 2.45) is 5.92 Å². The lowest BCUT2D eigenvalue weighted by Crippen LogP contribution is -2.34. The van der Waals surface area contributed by atoms with Crippen molar-refractivity contribution >= 4 is 17.3 Å². The summed E-state index contributed by atoms with van der Waals surface area (Å²) >= 11 is 1.19. The maximum absolute atomic E-state index is 11.8. The van der Waals surface area contributed by atoms with Gasteiger partial charge in [0.2, 0.25) is 0 Å². The maximum atomic E-state index is 11.8. The van der Waals surface area contributed by atoms with Crippen LogP contribution in [0.25, 0.3) is 0 Å². The maximum Gasteiger partial charge on any atom is 0.323 e. The van der Waals surface area contributed by atoms with E-state index in [1.54, 1.807) is 0 Å². The monoisotopic (exact) mass is 270 g/mol. The van der Waals surface area contributed by atoms with Crippen molar-refractivity contribution < 1.29 is 9.90 Å². The van der Waals surface area contributed by atoms with E-state index < -0.39 is 5.97 Å². The summed E-state index contributed by atoms with van der Waals surface area (Å²) in [6, 6.07) is 0. The molecule has 0 fully saturated rings. The number of nitrogens with zero attached hydrogens (tertiary/aromatic N) is 2. The Labute approximate surface area is 110 Å². The first kappa shape index (κ1) is 13.3. The van der Waals surface area contributed by atoms with Gasteiger partial charge in [-0.3, -0.25) is 19.1 Å². The molecule has 0 saturated heterocycles. The minimum absolute atomic E-state index is 0.145. The van der Waals surface area contributed by atoms with Crippen LogP contribution in [0.2, 0.25) is 0 Å². The van der Waals surface area contributed by atoms with E-state index in [-0.39, 0.29) is 11.4 Å².